The van der Waals surface area contributed by atoms with Gasteiger partial charge in [-0.25, -0.2) is 0 Å². The molecule has 0 spiro atoms. The molecular weight excluding hydrogens is 288 g/mol. The Balaban J connectivity index is 1.99. The second kappa shape index (κ2) is 5.77. The Morgan fingerprint density at radius 3 is 2.38 bits per heavy atom. The fourth-order valence-corrected chi connectivity index (χ4v) is 4.40. The molecule has 0 unspecified atom stereocenters. The SMILES string of the molecule is CCCCCc1ccc2c3c(cccc13)C(C)(C)c1ccccc1-2. The molecule has 0 N–H and O–H groups in total. The van der Waals surface area contributed by atoms with E-state index in [1.807, 2.05) is 0 Å². The standard InChI is InChI=1S/C24H26/c1-4-5-6-10-17-15-16-20-19-11-7-8-13-21(19)24(2,3)22-14-9-12-18(17)23(20)22/h7-9,11-16H,4-6,10H2,1-3H3. The third-order valence-corrected chi connectivity index (χ3v) is 5.74. The molecule has 0 saturated carbocycles. The van der Waals surface area contributed by atoms with Crippen LogP contribution in [0.15, 0.2) is 54.6 Å². The van der Waals surface area contributed by atoms with E-state index in [4.69, 9.17) is 0 Å². The van der Waals surface area contributed by atoms with E-state index in [0.717, 1.165) is 0 Å². The maximum Gasteiger partial charge on any atom is 0.0159 e. The molecule has 0 bridgehead atoms. The van der Waals surface area contributed by atoms with Crippen LogP contribution >= 0.6 is 0 Å². The van der Waals surface area contributed by atoms with Gasteiger partial charge in [-0.15, -0.1) is 0 Å². The van der Waals surface area contributed by atoms with Crippen molar-refractivity contribution in [1.29, 1.82) is 0 Å². The summed E-state index contributed by atoms with van der Waals surface area (Å²) in [6, 6.07) is 20.6. The molecule has 0 radical (unpaired) electrons. The lowest BCUT2D eigenvalue weighted by Crippen LogP contribution is -2.23. The van der Waals surface area contributed by atoms with Crippen molar-refractivity contribution in [2.24, 2.45) is 0 Å². The van der Waals surface area contributed by atoms with Crippen LogP contribution in [0.2, 0.25) is 0 Å². The number of fused-ring (bicyclic) bond motifs is 2. The van der Waals surface area contributed by atoms with Gasteiger partial charge >= 0.3 is 0 Å². The predicted octanol–water partition coefficient (Wildman–Crippen LogP) is 6.88. The lowest BCUT2D eigenvalue weighted by Gasteiger charge is -2.35. The second-order valence-corrected chi connectivity index (χ2v) is 7.63. The minimum absolute atomic E-state index is 0.0607. The Morgan fingerprint density at radius 2 is 1.54 bits per heavy atom. The van der Waals surface area contributed by atoms with Crippen molar-refractivity contribution >= 4 is 10.8 Å². The van der Waals surface area contributed by atoms with E-state index < -0.39 is 0 Å². The smallest absolute Gasteiger partial charge is 0.0159 e. The fourth-order valence-electron chi connectivity index (χ4n) is 4.40. The molecule has 0 saturated heterocycles. The Morgan fingerprint density at radius 1 is 0.750 bits per heavy atom. The topological polar surface area (TPSA) is 0 Å². The molecule has 24 heavy (non-hydrogen) atoms. The van der Waals surface area contributed by atoms with Crippen molar-refractivity contribution < 1.29 is 0 Å². The minimum Gasteiger partial charge on any atom is -0.0654 e. The molecule has 4 rings (SSSR count). The number of hydrogen-bond acceptors (Lipinski definition) is 0. The lowest BCUT2D eigenvalue weighted by molar-refractivity contribution is 0.645. The van der Waals surface area contributed by atoms with Gasteiger partial charge in [-0.3, -0.25) is 0 Å². The maximum atomic E-state index is 2.37. The highest BCUT2D eigenvalue weighted by Crippen LogP contribution is 2.48. The Bertz CT molecular complexity index is 899. The van der Waals surface area contributed by atoms with Crippen LogP contribution < -0.4 is 0 Å². The Labute approximate surface area is 145 Å². The maximum absolute atomic E-state index is 2.37. The van der Waals surface area contributed by atoms with Crippen LogP contribution in [0.5, 0.6) is 0 Å². The predicted molar refractivity (Wildman–Crippen MR) is 105 cm³/mol. The number of hydrogen-bond donors (Lipinski definition) is 0. The van der Waals surface area contributed by atoms with Crippen LogP contribution in [0.4, 0.5) is 0 Å². The Kier molecular flexibility index (Phi) is 3.72. The van der Waals surface area contributed by atoms with E-state index in [0.29, 0.717) is 0 Å². The summed E-state index contributed by atoms with van der Waals surface area (Å²) >= 11 is 0. The molecule has 3 aromatic carbocycles. The van der Waals surface area contributed by atoms with Gasteiger partial charge in [0.1, 0.15) is 0 Å². The highest BCUT2D eigenvalue weighted by atomic mass is 14.4. The number of benzene rings is 3. The molecule has 3 aromatic rings. The van der Waals surface area contributed by atoms with Gasteiger partial charge in [0.05, 0.1) is 0 Å². The molecule has 0 nitrogen and oxygen atoms in total. The highest BCUT2D eigenvalue weighted by Gasteiger charge is 2.33. The van der Waals surface area contributed by atoms with E-state index in [9.17, 15) is 0 Å². The zero-order valence-corrected chi connectivity index (χ0v) is 15.0. The van der Waals surface area contributed by atoms with Crippen LogP contribution in [0.1, 0.15) is 56.7 Å². The first-order chi connectivity index (χ1) is 11.6. The third-order valence-electron chi connectivity index (χ3n) is 5.74. The van der Waals surface area contributed by atoms with Gasteiger partial charge in [-0.1, -0.05) is 88.2 Å². The summed E-state index contributed by atoms with van der Waals surface area (Å²) in [5, 5.41) is 2.94. The average molecular weight is 314 g/mol. The van der Waals surface area contributed by atoms with Gasteiger partial charge in [0, 0.05) is 5.41 Å². The van der Waals surface area contributed by atoms with Gasteiger partial charge in [0.15, 0.2) is 0 Å². The van der Waals surface area contributed by atoms with E-state index in [2.05, 4.69) is 75.4 Å². The molecule has 0 heteroatoms. The minimum atomic E-state index is 0.0607. The number of rotatable bonds is 4. The molecule has 0 amide bonds. The summed E-state index contributed by atoms with van der Waals surface area (Å²) in [6.45, 7) is 7.01. The summed E-state index contributed by atoms with van der Waals surface area (Å²) < 4.78 is 0. The molecule has 0 fully saturated rings. The normalized spacial score (nSPS) is 14.6. The first-order valence-corrected chi connectivity index (χ1v) is 9.29. The van der Waals surface area contributed by atoms with E-state index >= 15 is 0 Å². The lowest BCUT2D eigenvalue weighted by atomic mass is 9.68. The summed E-state index contributed by atoms with van der Waals surface area (Å²) in [6.07, 6.45) is 5.07. The van der Waals surface area contributed by atoms with Gasteiger partial charge in [-0.05, 0) is 51.4 Å². The molecule has 0 atom stereocenters. The van der Waals surface area contributed by atoms with Gasteiger partial charge in [0.2, 0.25) is 0 Å². The molecule has 1 aliphatic carbocycles. The highest BCUT2D eigenvalue weighted by molar-refractivity contribution is 6.04. The summed E-state index contributed by atoms with van der Waals surface area (Å²) in [5.74, 6) is 0. The molecule has 0 aromatic heterocycles. The quantitative estimate of drug-likeness (QED) is 0.460. The van der Waals surface area contributed by atoms with Crippen molar-refractivity contribution in [2.75, 3.05) is 0 Å². The number of unbranched alkanes of at least 4 members (excludes halogenated alkanes) is 2. The first-order valence-electron chi connectivity index (χ1n) is 9.29. The molecule has 0 heterocycles. The largest absolute Gasteiger partial charge is 0.0654 e. The molecule has 0 aliphatic heterocycles. The van der Waals surface area contributed by atoms with Gasteiger partial charge < -0.3 is 0 Å². The van der Waals surface area contributed by atoms with Crippen molar-refractivity contribution in [1.82, 2.24) is 0 Å². The number of aryl methyl sites for hydroxylation is 1. The summed E-state index contributed by atoms with van der Waals surface area (Å²) in [4.78, 5) is 0. The third kappa shape index (κ3) is 2.20. The Hall–Kier alpha value is -2.08. The molecule has 1 aliphatic rings. The first kappa shape index (κ1) is 15.4. The molecule has 122 valence electrons. The van der Waals surface area contributed by atoms with Crippen molar-refractivity contribution in [3.8, 4) is 11.1 Å². The van der Waals surface area contributed by atoms with Crippen LogP contribution in [0, 0.1) is 0 Å². The van der Waals surface area contributed by atoms with Crippen LogP contribution in [-0.4, -0.2) is 0 Å². The van der Waals surface area contributed by atoms with E-state index in [1.54, 1.807) is 0 Å². The zero-order chi connectivity index (χ0) is 16.7. The van der Waals surface area contributed by atoms with Crippen LogP contribution in [0.3, 0.4) is 0 Å². The molecular formula is C24H26. The van der Waals surface area contributed by atoms with Crippen molar-refractivity contribution in [3.63, 3.8) is 0 Å². The summed E-state index contributed by atoms with van der Waals surface area (Å²) in [7, 11) is 0. The summed E-state index contributed by atoms with van der Waals surface area (Å²) in [5.41, 5.74) is 7.32. The van der Waals surface area contributed by atoms with Crippen molar-refractivity contribution in [2.45, 2.75) is 51.9 Å². The average Bonchev–Trinajstić information content (AvgIpc) is 2.61. The monoisotopic (exact) mass is 314 g/mol. The fraction of sp³-hybridized carbons (Fsp3) is 0.333. The zero-order valence-electron chi connectivity index (χ0n) is 15.0. The van der Waals surface area contributed by atoms with E-state index in [1.165, 1.54) is 64.3 Å². The van der Waals surface area contributed by atoms with Crippen LogP contribution in [0.25, 0.3) is 21.9 Å². The van der Waals surface area contributed by atoms with Gasteiger partial charge in [-0.2, -0.15) is 0 Å². The van der Waals surface area contributed by atoms with E-state index in [-0.39, 0.29) is 5.41 Å². The van der Waals surface area contributed by atoms with Crippen LogP contribution in [-0.2, 0) is 11.8 Å². The second-order valence-electron chi connectivity index (χ2n) is 7.63. The van der Waals surface area contributed by atoms with Crippen molar-refractivity contribution in [3.05, 3.63) is 71.3 Å². The van der Waals surface area contributed by atoms with Gasteiger partial charge in [0.25, 0.3) is 0 Å².